The molecule has 1 amide bonds. The van der Waals surface area contributed by atoms with Crippen molar-refractivity contribution in [1.82, 2.24) is 4.90 Å². The van der Waals surface area contributed by atoms with Crippen molar-refractivity contribution >= 4 is 11.6 Å². The molecule has 1 unspecified atom stereocenters. The second-order valence-electron chi connectivity index (χ2n) is 7.22. The second-order valence-corrected chi connectivity index (χ2v) is 7.22. The van der Waals surface area contributed by atoms with E-state index in [9.17, 15) is 18.0 Å². The number of rotatable bonds is 3. The quantitative estimate of drug-likeness (QED) is 0.829. The van der Waals surface area contributed by atoms with Gasteiger partial charge in [0, 0.05) is 23.8 Å². The highest BCUT2D eigenvalue weighted by Crippen LogP contribution is 2.39. The number of halogens is 3. The third-order valence-electron chi connectivity index (χ3n) is 5.56. The predicted molar refractivity (Wildman–Crippen MR) is 99.6 cm³/mol. The first-order chi connectivity index (χ1) is 13.4. The summed E-state index contributed by atoms with van der Waals surface area (Å²) in [6, 6.07) is 9.49. The number of methoxy groups -OCH3 is 1. The molecule has 4 nitrogen and oxygen atoms in total. The van der Waals surface area contributed by atoms with Crippen molar-refractivity contribution in [2.24, 2.45) is 0 Å². The van der Waals surface area contributed by atoms with Crippen molar-refractivity contribution in [2.75, 3.05) is 25.5 Å². The van der Waals surface area contributed by atoms with E-state index in [0.717, 1.165) is 38.4 Å². The summed E-state index contributed by atoms with van der Waals surface area (Å²) in [6.45, 7) is 2.14. The van der Waals surface area contributed by atoms with Crippen LogP contribution in [0.1, 0.15) is 45.9 Å². The summed E-state index contributed by atoms with van der Waals surface area (Å²) in [5.41, 5.74) is 2.07. The van der Waals surface area contributed by atoms with E-state index in [1.54, 1.807) is 0 Å². The average Bonchev–Trinajstić information content (AvgIpc) is 3.16. The standard InChI is InChI=1S/C21H21F3N2O2/c1-28-19-7-5-14(11-17(19)21(22,23)24)20(27)25-15-6-4-13-8-10-26-9-2-3-18(26)16(13)12-15/h4-7,11-12,18H,2-3,8-10H2,1H3,(H,25,27). The van der Waals surface area contributed by atoms with Crippen LogP contribution in [0.2, 0.25) is 0 Å². The average molecular weight is 390 g/mol. The molecule has 148 valence electrons. The minimum absolute atomic E-state index is 0.0617. The van der Waals surface area contributed by atoms with Gasteiger partial charge in [-0.05, 0) is 67.3 Å². The van der Waals surface area contributed by atoms with Gasteiger partial charge in [-0.15, -0.1) is 0 Å². The number of nitrogens with zero attached hydrogens (tertiary/aromatic N) is 1. The lowest BCUT2D eigenvalue weighted by Crippen LogP contribution is -2.31. The summed E-state index contributed by atoms with van der Waals surface area (Å²) >= 11 is 0. The molecule has 0 radical (unpaired) electrons. The Labute approximate surface area is 161 Å². The number of fused-ring (bicyclic) bond motifs is 3. The van der Waals surface area contributed by atoms with Crippen LogP contribution in [0.5, 0.6) is 5.75 Å². The second kappa shape index (κ2) is 7.13. The molecule has 0 saturated carbocycles. The van der Waals surface area contributed by atoms with Gasteiger partial charge >= 0.3 is 6.18 Å². The van der Waals surface area contributed by atoms with E-state index >= 15 is 0 Å². The molecule has 2 aromatic rings. The maximum atomic E-state index is 13.2. The topological polar surface area (TPSA) is 41.6 Å². The first kappa shape index (κ1) is 18.8. The van der Waals surface area contributed by atoms with Crippen LogP contribution >= 0.6 is 0 Å². The number of anilines is 1. The minimum Gasteiger partial charge on any atom is -0.496 e. The molecule has 28 heavy (non-hydrogen) atoms. The van der Waals surface area contributed by atoms with Gasteiger partial charge in [0.1, 0.15) is 5.75 Å². The third kappa shape index (κ3) is 3.46. The van der Waals surface area contributed by atoms with Crippen molar-refractivity contribution in [3.8, 4) is 5.75 Å². The lowest BCUT2D eigenvalue weighted by Gasteiger charge is -2.32. The van der Waals surface area contributed by atoms with Gasteiger partial charge in [0.25, 0.3) is 5.91 Å². The summed E-state index contributed by atoms with van der Waals surface area (Å²) in [4.78, 5) is 15.0. The van der Waals surface area contributed by atoms with Gasteiger partial charge in [0.2, 0.25) is 0 Å². The lowest BCUT2D eigenvalue weighted by atomic mass is 9.92. The summed E-state index contributed by atoms with van der Waals surface area (Å²) in [5.74, 6) is -0.883. The molecule has 0 aliphatic carbocycles. The fraction of sp³-hybridized carbons (Fsp3) is 0.381. The highest BCUT2D eigenvalue weighted by molar-refractivity contribution is 6.04. The summed E-state index contributed by atoms with van der Waals surface area (Å²) < 4.78 is 44.4. The zero-order chi connectivity index (χ0) is 19.9. The number of hydrogen-bond donors (Lipinski definition) is 1. The largest absolute Gasteiger partial charge is 0.496 e. The van der Waals surface area contributed by atoms with Crippen LogP contribution in [-0.2, 0) is 12.6 Å². The minimum atomic E-state index is -4.60. The van der Waals surface area contributed by atoms with E-state index in [4.69, 9.17) is 4.74 Å². The van der Waals surface area contributed by atoms with Crippen LogP contribution in [0, 0.1) is 0 Å². The van der Waals surface area contributed by atoms with Gasteiger partial charge < -0.3 is 10.1 Å². The van der Waals surface area contributed by atoms with E-state index in [1.807, 2.05) is 18.2 Å². The van der Waals surface area contributed by atoms with Crippen LogP contribution in [0.25, 0.3) is 0 Å². The van der Waals surface area contributed by atoms with Crippen LogP contribution in [0.4, 0.5) is 18.9 Å². The Balaban J connectivity index is 1.59. The van der Waals surface area contributed by atoms with E-state index < -0.39 is 17.6 Å². The van der Waals surface area contributed by atoms with Crippen molar-refractivity contribution in [1.29, 1.82) is 0 Å². The monoisotopic (exact) mass is 390 g/mol. The Hall–Kier alpha value is -2.54. The first-order valence-electron chi connectivity index (χ1n) is 9.30. The van der Waals surface area contributed by atoms with Gasteiger partial charge in [0.15, 0.2) is 0 Å². The van der Waals surface area contributed by atoms with Crippen molar-refractivity contribution in [2.45, 2.75) is 31.5 Å². The molecule has 1 fully saturated rings. The highest BCUT2D eigenvalue weighted by atomic mass is 19.4. The summed E-state index contributed by atoms with van der Waals surface area (Å²) in [7, 11) is 1.17. The van der Waals surface area contributed by atoms with Gasteiger partial charge in [-0.2, -0.15) is 13.2 Å². The predicted octanol–water partition coefficient (Wildman–Crippen LogP) is 4.66. The van der Waals surface area contributed by atoms with E-state index in [0.29, 0.717) is 11.7 Å². The van der Waals surface area contributed by atoms with Crippen molar-refractivity contribution < 1.29 is 22.7 Å². The molecule has 0 bridgehead atoms. The number of amides is 1. The molecule has 2 aromatic carbocycles. The first-order valence-corrected chi connectivity index (χ1v) is 9.30. The third-order valence-corrected chi connectivity index (χ3v) is 5.56. The van der Waals surface area contributed by atoms with Crippen molar-refractivity contribution in [3.63, 3.8) is 0 Å². The molecule has 2 aliphatic heterocycles. The zero-order valence-corrected chi connectivity index (χ0v) is 15.5. The Morgan fingerprint density at radius 1 is 1.18 bits per heavy atom. The van der Waals surface area contributed by atoms with E-state index in [-0.39, 0.29) is 11.3 Å². The maximum Gasteiger partial charge on any atom is 0.419 e. The summed E-state index contributed by atoms with van der Waals surface area (Å²) in [6.07, 6.45) is -1.36. The Kier molecular flexibility index (Phi) is 4.79. The molecule has 7 heteroatoms. The van der Waals surface area contributed by atoms with E-state index in [1.165, 1.54) is 30.4 Å². The van der Waals surface area contributed by atoms with Gasteiger partial charge in [0.05, 0.1) is 12.7 Å². The lowest BCUT2D eigenvalue weighted by molar-refractivity contribution is -0.138. The molecule has 1 atom stereocenters. The number of carbonyl (C=O) groups is 1. The Bertz CT molecular complexity index is 911. The molecule has 1 saturated heterocycles. The van der Waals surface area contributed by atoms with Crippen LogP contribution in [0.3, 0.4) is 0 Å². The molecule has 1 N–H and O–H groups in total. The summed E-state index contributed by atoms with van der Waals surface area (Å²) in [5, 5.41) is 2.74. The fourth-order valence-electron chi connectivity index (χ4n) is 4.19. The SMILES string of the molecule is COc1ccc(C(=O)Nc2ccc3c(c2)C2CCCN2CC3)cc1C(F)(F)F. The molecule has 2 aliphatic rings. The highest BCUT2D eigenvalue weighted by Gasteiger charge is 2.35. The molecule has 0 aromatic heterocycles. The smallest absolute Gasteiger partial charge is 0.419 e. The number of hydrogen-bond acceptors (Lipinski definition) is 3. The van der Waals surface area contributed by atoms with Crippen LogP contribution in [0.15, 0.2) is 36.4 Å². The van der Waals surface area contributed by atoms with Gasteiger partial charge in [-0.1, -0.05) is 6.07 Å². The normalized spacial score (nSPS) is 19.1. The number of nitrogens with one attached hydrogen (secondary N) is 1. The van der Waals surface area contributed by atoms with Crippen molar-refractivity contribution in [3.05, 3.63) is 58.7 Å². The van der Waals surface area contributed by atoms with Crippen LogP contribution in [-0.4, -0.2) is 31.0 Å². The fourth-order valence-corrected chi connectivity index (χ4v) is 4.19. The number of ether oxygens (including phenoxy) is 1. The Morgan fingerprint density at radius 2 is 2.00 bits per heavy atom. The molecular weight excluding hydrogens is 369 g/mol. The number of alkyl halides is 3. The zero-order valence-electron chi connectivity index (χ0n) is 15.5. The molecule has 0 spiro atoms. The Morgan fingerprint density at radius 3 is 2.75 bits per heavy atom. The van der Waals surface area contributed by atoms with Gasteiger partial charge in [-0.3, -0.25) is 9.69 Å². The van der Waals surface area contributed by atoms with E-state index in [2.05, 4.69) is 10.2 Å². The number of benzene rings is 2. The molecule has 2 heterocycles. The van der Waals surface area contributed by atoms with Gasteiger partial charge in [-0.25, -0.2) is 0 Å². The molecule has 4 rings (SSSR count). The molecular formula is C21H21F3N2O2. The maximum absolute atomic E-state index is 13.2. The van der Waals surface area contributed by atoms with Crippen LogP contribution < -0.4 is 10.1 Å². The number of carbonyl (C=O) groups excluding carboxylic acids is 1.